The lowest BCUT2D eigenvalue weighted by Crippen LogP contribution is -2.37. The Balaban J connectivity index is 1.83. The molecule has 0 aromatic heterocycles. The molecule has 160 valence electrons. The van der Waals surface area contributed by atoms with E-state index in [1.807, 2.05) is 0 Å². The maximum atomic E-state index is 13.9. The second-order valence-corrected chi connectivity index (χ2v) is 9.04. The van der Waals surface area contributed by atoms with Gasteiger partial charge >= 0.3 is 0 Å². The number of carbonyl (C=O) groups is 1. The second-order valence-electron chi connectivity index (χ2n) is 7.05. The molecule has 7 nitrogen and oxygen atoms in total. The van der Waals surface area contributed by atoms with Crippen LogP contribution in [0.2, 0.25) is 0 Å². The van der Waals surface area contributed by atoms with Gasteiger partial charge in [0.15, 0.2) is 15.6 Å². The third-order valence-corrected chi connectivity index (χ3v) is 6.14. The van der Waals surface area contributed by atoms with E-state index in [0.717, 1.165) is 12.3 Å². The highest BCUT2D eigenvalue weighted by Crippen LogP contribution is 2.33. The molecule has 1 saturated heterocycles. The molecule has 0 amide bonds. The van der Waals surface area contributed by atoms with Crippen LogP contribution in [-0.4, -0.2) is 38.5 Å². The van der Waals surface area contributed by atoms with Crippen LogP contribution in [0.5, 0.6) is 0 Å². The van der Waals surface area contributed by atoms with E-state index in [1.54, 1.807) is 4.90 Å². The number of ketones is 1. The highest BCUT2D eigenvalue weighted by atomic mass is 32.2. The Morgan fingerprint density at radius 2 is 1.67 bits per heavy atom. The average Bonchev–Trinajstić information content (AvgIpc) is 2.66. The number of rotatable bonds is 5. The van der Waals surface area contributed by atoms with Crippen LogP contribution in [0.3, 0.4) is 0 Å². The Morgan fingerprint density at radius 3 is 2.17 bits per heavy atom. The van der Waals surface area contributed by atoms with Crippen molar-refractivity contribution in [2.75, 3.05) is 24.2 Å². The fraction of sp³-hybridized carbons (Fsp3) is 0.316. The number of benzene rings is 2. The lowest BCUT2D eigenvalue weighted by molar-refractivity contribution is -0.385. The number of non-ortho nitro benzene ring substituents is 1. The van der Waals surface area contributed by atoms with Gasteiger partial charge in [-0.1, -0.05) is 0 Å². The zero-order chi connectivity index (χ0) is 22.2. The van der Waals surface area contributed by atoms with E-state index < -0.39 is 49.5 Å². The SMILES string of the molecule is CS(=O)(=O)c1cc([N+](=O)[O-])ccc1N1CCC(C(=O)c2c(F)cc(F)cc2F)CC1. The molecule has 30 heavy (non-hydrogen) atoms. The Morgan fingerprint density at radius 1 is 1.10 bits per heavy atom. The molecule has 3 rings (SSSR count). The van der Waals surface area contributed by atoms with Crippen molar-refractivity contribution in [1.82, 2.24) is 0 Å². The molecule has 0 spiro atoms. The number of hydrogen-bond acceptors (Lipinski definition) is 6. The first kappa shape index (κ1) is 21.8. The number of carbonyl (C=O) groups excluding carboxylic acids is 1. The van der Waals surface area contributed by atoms with E-state index in [-0.39, 0.29) is 42.2 Å². The fourth-order valence-corrected chi connectivity index (χ4v) is 4.45. The van der Waals surface area contributed by atoms with Crippen molar-refractivity contribution in [3.05, 3.63) is 63.5 Å². The van der Waals surface area contributed by atoms with Gasteiger partial charge in [-0.25, -0.2) is 21.6 Å². The number of piperidine rings is 1. The highest BCUT2D eigenvalue weighted by Gasteiger charge is 2.31. The van der Waals surface area contributed by atoms with Gasteiger partial charge in [-0.3, -0.25) is 14.9 Å². The molecular weight excluding hydrogens is 425 g/mol. The van der Waals surface area contributed by atoms with E-state index in [9.17, 15) is 36.5 Å². The number of Topliss-reactive ketones (excluding diaryl/α,β-unsaturated/α-hetero) is 1. The molecule has 11 heteroatoms. The predicted molar refractivity (Wildman–Crippen MR) is 102 cm³/mol. The van der Waals surface area contributed by atoms with Gasteiger partial charge < -0.3 is 4.90 Å². The summed E-state index contributed by atoms with van der Waals surface area (Å²) in [5.41, 5.74) is -0.901. The van der Waals surface area contributed by atoms with Gasteiger partial charge in [0, 0.05) is 49.5 Å². The van der Waals surface area contributed by atoms with Crippen LogP contribution in [0.4, 0.5) is 24.5 Å². The molecule has 0 unspecified atom stereocenters. The zero-order valence-corrected chi connectivity index (χ0v) is 16.6. The Kier molecular flexibility index (Phi) is 5.84. The lowest BCUT2D eigenvalue weighted by atomic mass is 9.88. The normalized spacial score (nSPS) is 15.3. The maximum absolute atomic E-state index is 13.9. The summed E-state index contributed by atoms with van der Waals surface area (Å²) in [6.45, 7) is 0.391. The van der Waals surface area contributed by atoms with E-state index in [2.05, 4.69) is 0 Å². The number of nitro benzene ring substituents is 1. The topological polar surface area (TPSA) is 97.6 Å². The summed E-state index contributed by atoms with van der Waals surface area (Å²) in [5, 5.41) is 11.0. The first-order valence-corrected chi connectivity index (χ1v) is 10.8. The molecule has 1 aliphatic heterocycles. The summed E-state index contributed by atoms with van der Waals surface area (Å²) in [6.07, 6.45) is 1.29. The summed E-state index contributed by atoms with van der Waals surface area (Å²) >= 11 is 0. The molecule has 1 fully saturated rings. The van der Waals surface area contributed by atoms with Crippen LogP contribution in [0, 0.1) is 33.5 Å². The van der Waals surface area contributed by atoms with Gasteiger partial charge in [0.05, 0.1) is 21.1 Å². The molecule has 1 heterocycles. The van der Waals surface area contributed by atoms with Crippen LogP contribution in [0.25, 0.3) is 0 Å². The van der Waals surface area contributed by atoms with Gasteiger partial charge in [-0.15, -0.1) is 0 Å². The Labute approximate surface area is 170 Å². The van der Waals surface area contributed by atoms with E-state index in [1.165, 1.54) is 12.1 Å². The summed E-state index contributed by atoms with van der Waals surface area (Å²) in [7, 11) is -3.77. The molecule has 0 saturated carbocycles. The van der Waals surface area contributed by atoms with Crippen molar-refractivity contribution >= 4 is 27.0 Å². The summed E-state index contributed by atoms with van der Waals surface area (Å²) in [6, 6.07) is 4.38. The Bertz CT molecular complexity index is 1110. The molecule has 1 aliphatic rings. The Hall–Kier alpha value is -2.95. The van der Waals surface area contributed by atoms with Crippen LogP contribution in [-0.2, 0) is 9.84 Å². The van der Waals surface area contributed by atoms with Crippen molar-refractivity contribution in [3.8, 4) is 0 Å². The van der Waals surface area contributed by atoms with Crippen molar-refractivity contribution in [3.63, 3.8) is 0 Å². The molecule has 2 aromatic carbocycles. The number of halogens is 3. The largest absolute Gasteiger partial charge is 0.370 e. The third kappa shape index (κ3) is 4.30. The minimum Gasteiger partial charge on any atom is -0.370 e. The minimum absolute atomic E-state index is 0.176. The summed E-state index contributed by atoms with van der Waals surface area (Å²) in [4.78, 5) is 24.3. The molecule has 0 bridgehead atoms. The number of nitro groups is 1. The van der Waals surface area contributed by atoms with Gasteiger partial charge in [0.25, 0.3) is 5.69 Å². The van der Waals surface area contributed by atoms with Crippen LogP contribution in [0.1, 0.15) is 23.2 Å². The van der Waals surface area contributed by atoms with Gasteiger partial charge in [0.2, 0.25) is 0 Å². The molecule has 0 aliphatic carbocycles. The van der Waals surface area contributed by atoms with Crippen LogP contribution < -0.4 is 4.90 Å². The number of anilines is 1. The highest BCUT2D eigenvalue weighted by molar-refractivity contribution is 7.90. The number of sulfone groups is 1. The minimum atomic E-state index is -3.77. The fourth-order valence-electron chi connectivity index (χ4n) is 3.54. The smallest absolute Gasteiger partial charge is 0.270 e. The standard InChI is InChI=1S/C19H17F3N2O5S/c1-30(28,29)17-10-13(24(26)27)2-3-16(17)23-6-4-11(5-7-23)19(25)18-14(21)8-12(20)9-15(18)22/h2-3,8-11H,4-7H2,1H3. The number of hydrogen-bond donors (Lipinski definition) is 0. The van der Waals surface area contributed by atoms with Crippen LogP contribution in [0.15, 0.2) is 35.2 Å². The van der Waals surface area contributed by atoms with Crippen molar-refractivity contribution in [2.24, 2.45) is 5.92 Å². The van der Waals surface area contributed by atoms with E-state index in [4.69, 9.17) is 0 Å². The van der Waals surface area contributed by atoms with Gasteiger partial charge in [-0.05, 0) is 18.9 Å². The van der Waals surface area contributed by atoms with Gasteiger partial charge in [0.1, 0.15) is 17.5 Å². The average molecular weight is 442 g/mol. The molecule has 2 aromatic rings. The zero-order valence-electron chi connectivity index (χ0n) is 15.8. The van der Waals surface area contributed by atoms with Crippen molar-refractivity contribution in [1.29, 1.82) is 0 Å². The van der Waals surface area contributed by atoms with Crippen molar-refractivity contribution in [2.45, 2.75) is 17.7 Å². The van der Waals surface area contributed by atoms with Crippen molar-refractivity contribution < 1.29 is 31.3 Å². The third-order valence-electron chi connectivity index (χ3n) is 5.01. The first-order chi connectivity index (χ1) is 14.0. The monoisotopic (exact) mass is 442 g/mol. The first-order valence-electron chi connectivity index (χ1n) is 8.91. The summed E-state index contributed by atoms with van der Waals surface area (Å²) in [5.74, 6) is -5.17. The number of nitrogens with zero attached hydrogens (tertiary/aromatic N) is 2. The second kappa shape index (κ2) is 8.05. The summed E-state index contributed by atoms with van der Waals surface area (Å²) < 4.78 is 65.1. The molecular formula is C19H17F3N2O5S. The molecule has 0 N–H and O–H groups in total. The quantitative estimate of drug-likeness (QED) is 0.399. The van der Waals surface area contributed by atoms with Crippen LogP contribution >= 0.6 is 0 Å². The predicted octanol–water partition coefficient (Wildman–Crippen LogP) is 3.51. The van der Waals surface area contributed by atoms with E-state index in [0.29, 0.717) is 12.1 Å². The van der Waals surface area contributed by atoms with E-state index >= 15 is 0 Å². The maximum Gasteiger partial charge on any atom is 0.270 e. The lowest BCUT2D eigenvalue weighted by Gasteiger charge is -2.34. The molecule has 0 atom stereocenters. The van der Waals surface area contributed by atoms with Gasteiger partial charge in [-0.2, -0.15) is 0 Å². The molecule has 0 radical (unpaired) electrons.